The number of carbonyl (C=O) groups excluding carboxylic acids is 2. The Morgan fingerprint density at radius 3 is 2.54 bits per heavy atom. The van der Waals surface area contributed by atoms with Crippen molar-refractivity contribution in [1.29, 1.82) is 0 Å². The van der Waals surface area contributed by atoms with Crippen molar-refractivity contribution in [2.24, 2.45) is 11.7 Å². The Labute approximate surface area is 164 Å². The molecule has 1 aromatic rings. The van der Waals surface area contributed by atoms with Crippen LogP contribution in [0.3, 0.4) is 0 Å². The molecule has 0 aliphatic carbocycles. The molecule has 1 unspecified atom stereocenters. The summed E-state index contributed by atoms with van der Waals surface area (Å²) in [5.74, 6) is -0.276. The number of amides is 2. The van der Waals surface area contributed by atoms with E-state index in [0.29, 0.717) is 44.6 Å². The van der Waals surface area contributed by atoms with Gasteiger partial charge in [-0.15, -0.1) is 0 Å². The van der Waals surface area contributed by atoms with Crippen LogP contribution in [0, 0.1) is 11.7 Å². The number of likely N-dealkylation sites (tertiary alicyclic amines) is 2. The van der Waals surface area contributed by atoms with E-state index >= 15 is 0 Å². The molecule has 0 spiro atoms. The summed E-state index contributed by atoms with van der Waals surface area (Å²) in [5, 5.41) is 10.9. The molecule has 3 rings (SSSR count). The molecule has 0 radical (unpaired) electrons. The Hall–Kier alpha value is -2.19. The van der Waals surface area contributed by atoms with Crippen molar-refractivity contribution >= 4 is 11.8 Å². The number of nitrogens with zero attached hydrogens (tertiary/aromatic N) is 2. The van der Waals surface area contributed by atoms with Crippen LogP contribution in [0.4, 0.5) is 4.39 Å². The number of primary amides is 1. The van der Waals surface area contributed by atoms with Crippen molar-refractivity contribution in [2.75, 3.05) is 39.3 Å². The van der Waals surface area contributed by atoms with Gasteiger partial charge in [-0.1, -0.05) is 0 Å². The molecule has 0 saturated carbocycles. The van der Waals surface area contributed by atoms with Crippen LogP contribution in [0.25, 0.3) is 0 Å². The maximum Gasteiger partial charge on any atom is 0.236 e. The number of benzene rings is 1. The van der Waals surface area contributed by atoms with E-state index in [1.165, 1.54) is 24.3 Å². The summed E-state index contributed by atoms with van der Waals surface area (Å²) in [5.41, 5.74) is 4.29. The summed E-state index contributed by atoms with van der Waals surface area (Å²) < 4.78 is 18.6. The highest BCUT2D eigenvalue weighted by Gasteiger charge is 2.35. The van der Waals surface area contributed by atoms with E-state index in [0.717, 1.165) is 13.0 Å². The standard InChI is InChI=1S/C20H28FN3O4/c21-16-2-4-17(5-3-16)28-14-20(27)8-1-9-23(13-20)12-18(25)24-10-6-15(7-11-24)19(22)26/h2-5,15,27H,1,6-14H2,(H2,22,26). The van der Waals surface area contributed by atoms with Crippen molar-refractivity contribution in [3.05, 3.63) is 30.1 Å². The highest BCUT2D eigenvalue weighted by Crippen LogP contribution is 2.24. The average Bonchev–Trinajstić information content (AvgIpc) is 2.68. The van der Waals surface area contributed by atoms with Crippen LogP contribution in [0.2, 0.25) is 0 Å². The van der Waals surface area contributed by atoms with Crippen molar-refractivity contribution in [1.82, 2.24) is 9.80 Å². The van der Waals surface area contributed by atoms with Gasteiger partial charge in [0.25, 0.3) is 0 Å². The zero-order valence-electron chi connectivity index (χ0n) is 16.0. The fourth-order valence-electron chi connectivity index (χ4n) is 3.91. The first-order valence-electron chi connectivity index (χ1n) is 9.75. The smallest absolute Gasteiger partial charge is 0.236 e. The van der Waals surface area contributed by atoms with Crippen LogP contribution in [0.5, 0.6) is 5.75 Å². The number of aliphatic hydroxyl groups is 1. The third-order valence-corrected chi connectivity index (χ3v) is 5.56. The van der Waals surface area contributed by atoms with E-state index in [-0.39, 0.29) is 36.7 Å². The lowest BCUT2D eigenvalue weighted by atomic mass is 9.93. The lowest BCUT2D eigenvalue weighted by Gasteiger charge is -2.39. The maximum absolute atomic E-state index is 13.0. The van der Waals surface area contributed by atoms with Gasteiger partial charge >= 0.3 is 0 Å². The number of rotatable bonds is 6. The molecule has 1 aromatic carbocycles. The SMILES string of the molecule is NC(=O)C1CCN(C(=O)CN2CCCC(O)(COc3ccc(F)cc3)C2)CC1. The van der Waals surface area contributed by atoms with E-state index in [2.05, 4.69) is 0 Å². The fourth-order valence-corrected chi connectivity index (χ4v) is 3.91. The van der Waals surface area contributed by atoms with E-state index in [1.807, 2.05) is 4.90 Å². The quantitative estimate of drug-likeness (QED) is 0.744. The van der Waals surface area contributed by atoms with Crippen molar-refractivity contribution in [3.8, 4) is 5.75 Å². The largest absolute Gasteiger partial charge is 0.491 e. The van der Waals surface area contributed by atoms with E-state index in [4.69, 9.17) is 10.5 Å². The molecular weight excluding hydrogens is 365 g/mol. The van der Waals surface area contributed by atoms with E-state index < -0.39 is 5.60 Å². The number of nitrogens with two attached hydrogens (primary N) is 1. The number of hydrogen-bond acceptors (Lipinski definition) is 5. The Bertz CT molecular complexity index is 691. The normalized spacial score (nSPS) is 24.1. The summed E-state index contributed by atoms with van der Waals surface area (Å²) in [6.07, 6.45) is 2.57. The van der Waals surface area contributed by atoms with Gasteiger partial charge in [-0.25, -0.2) is 4.39 Å². The van der Waals surface area contributed by atoms with Crippen LogP contribution in [-0.2, 0) is 9.59 Å². The third-order valence-electron chi connectivity index (χ3n) is 5.56. The summed E-state index contributed by atoms with van der Waals surface area (Å²) in [7, 11) is 0. The van der Waals surface area contributed by atoms with E-state index in [9.17, 15) is 19.1 Å². The molecule has 7 nitrogen and oxygen atoms in total. The molecule has 0 bridgehead atoms. The molecule has 2 saturated heterocycles. The van der Waals surface area contributed by atoms with Crippen LogP contribution < -0.4 is 10.5 Å². The van der Waals surface area contributed by atoms with Gasteiger partial charge in [0, 0.05) is 25.6 Å². The summed E-state index contributed by atoms with van der Waals surface area (Å²) in [4.78, 5) is 27.5. The lowest BCUT2D eigenvalue weighted by molar-refractivity contribution is -0.137. The van der Waals surface area contributed by atoms with Crippen molar-refractivity contribution in [3.63, 3.8) is 0 Å². The highest BCUT2D eigenvalue weighted by atomic mass is 19.1. The number of ether oxygens (including phenoxy) is 1. The number of halogens is 1. The first-order valence-corrected chi connectivity index (χ1v) is 9.75. The third kappa shape index (κ3) is 5.42. The van der Waals surface area contributed by atoms with Crippen molar-refractivity contribution < 1.29 is 23.8 Å². The van der Waals surface area contributed by atoms with Gasteiger partial charge in [-0.3, -0.25) is 14.5 Å². The summed E-state index contributed by atoms with van der Waals surface area (Å²) in [6, 6.07) is 5.68. The molecule has 8 heteroatoms. The summed E-state index contributed by atoms with van der Waals surface area (Å²) in [6.45, 7) is 2.49. The lowest BCUT2D eigenvalue weighted by Crippen LogP contribution is -2.54. The van der Waals surface area contributed by atoms with Gasteiger partial charge in [0.15, 0.2) is 0 Å². The Balaban J connectivity index is 1.48. The number of piperidine rings is 2. The molecule has 28 heavy (non-hydrogen) atoms. The minimum Gasteiger partial charge on any atom is -0.491 e. The topological polar surface area (TPSA) is 96.1 Å². The van der Waals surface area contributed by atoms with Crippen LogP contribution >= 0.6 is 0 Å². The molecule has 3 N–H and O–H groups in total. The van der Waals surface area contributed by atoms with Gasteiger partial charge in [0.05, 0.1) is 6.54 Å². The summed E-state index contributed by atoms with van der Waals surface area (Å²) >= 11 is 0. The predicted molar refractivity (Wildman–Crippen MR) is 101 cm³/mol. The van der Waals surface area contributed by atoms with Crippen LogP contribution in [-0.4, -0.2) is 71.7 Å². The molecule has 2 aliphatic rings. The van der Waals surface area contributed by atoms with E-state index in [1.54, 1.807) is 4.90 Å². The Morgan fingerprint density at radius 1 is 1.21 bits per heavy atom. The second-order valence-electron chi connectivity index (χ2n) is 7.84. The van der Waals surface area contributed by atoms with Crippen molar-refractivity contribution in [2.45, 2.75) is 31.3 Å². The fraction of sp³-hybridized carbons (Fsp3) is 0.600. The number of hydrogen-bond donors (Lipinski definition) is 2. The highest BCUT2D eigenvalue weighted by molar-refractivity contribution is 5.80. The molecular formula is C20H28FN3O4. The Morgan fingerprint density at radius 2 is 1.89 bits per heavy atom. The molecule has 1 atom stereocenters. The van der Waals surface area contributed by atoms with Gasteiger partial charge in [0.1, 0.15) is 23.8 Å². The zero-order chi connectivity index (χ0) is 20.1. The minimum atomic E-state index is -1.05. The maximum atomic E-state index is 13.0. The molecule has 0 aromatic heterocycles. The molecule has 2 fully saturated rings. The molecule has 2 aliphatic heterocycles. The number of β-amino-alcohol motifs (C(OH)–C–C–N with tert-alkyl or cyclic N) is 1. The van der Waals surface area contributed by atoms with Gasteiger partial charge in [0.2, 0.25) is 11.8 Å². The predicted octanol–water partition coefficient (Wildman–Crippen LogP) is 0.755. The molecule has 154 valence electrons. The van der Waals surface area contributed by atoms with Crippen LogP contribution in [0.1, 0.15) is 25.7 Å². The first-order chi connectivity index (χ1) is 13.3. The molecule has 2 amide bonds. The Kier molecular flexibility index (Phi) is 6.51. The van der Waals surface area contributed by atoms with Gasteiger partial charge in [-0.05, 0) is 56.5 Å². The first kappa shape index (κ1) is 20.5. The molecule has 2 heterocycles. The van der Waals surface area contributed by atoms with Gasteiger partial charge in [-0.2, -0.15) is 0 Å². The second kappa shape index (κ2) is 8.87. The average molecular weight is 393 g/mol. The zero-order valence-corrected chi connectivity index (χ0v) is 16.0. The van der Waals surface area contributed by atoms with Gasteiger partial charge < -0.3 is 20.5 Å². The second-order valence-corrected chi connectivity index (χ2v) is 7.84. The van der Waals surface area contributed by atoms with Crippen LogP contribution in [0.15, 0.2) is 24.3 Å². The monoisotopic (exact) mass is 393 g/mol. The minimum absolute atomic E-state index is 0.00613. The number of carbonyl (C=O) groups is 2.